The standard InChI is InChI=1S/C20H14N2O4S/c1-2-12-3-5-13(6-4-12)17-11-27-19(21-17)16-10-14-9-15(22(24)25)7-8-18(14)26-20(16)23/h3-11H,2H2,1H3. The highest BCUT2D eigenvalue weighted by atomic mass is 32.1. The van der Waals surface area contributed by atoms with Gasteiger partial charge in [0.1, 0.15) is 10.6 Å². The molecule has 0 spiro atoms. The van der Waals surface area contributed by atoms with Gasteiger partial charge < -0.3 is 4.42 Å². The van der Waals surface area contributed by atoms with Gasteiger partial charge in [-0.3, -0.25) is 10.1 Å². The van der Waals surface area contributed by atoms with E-state index in [4.69, 9.17) is 4.42 Å². The van der Waals surface area contributed by atoms with Gasteiger partial charge in [-0.2, -0.15) is 0 Å². The molecule has 0 N–H and O–H groups in total. The molecule has 0 aliphatic rings. The van der Waals surface area contributed by atoms with Crippen LogP contribution in [0.1, 0.15) is 12.5 Å². The van der Waals surface area contributed by atoms with Crippen molar-refractivity contribution in [3.05, 3.63) is 80.0 Å². The number of benzene rings is 2. The number of hydrogen-bond donors (Lipinski definition) is 0. The maximum atomic E-state index is 12.3. The first kappa shape index (κ1) is 17.1. The summed E-state index contributed by atoms with van der Waals surface area (Å²) >= 11 is 1.34. The highest BCUT2D eigenvalue weighted by molar-refractivity contribution is 7.13. The predicted molar refractivity (Wildman–Crippen MR) is 105 cm³/mol. The number of hydrogen-bond acceptors (Lipinski definition) is 6. The summed E-state index contributed by atoms with van der Waals surface area (Å²) in [6, 6.07) is 13.8. The van der Waals surface area contributed by atoms with Gasteiger partial charge >= 0.3 is 5.63 Å². The molecular weight excluding hydrogens is 364 g/mol. The van der Waals surface area contributed by atoms with E-state index in [2.05, 4.69) is 24.0 Å². The van der Waals surface area contributed by atoms with Crippen LogP contribution in [0.3, 0.4) is 0 Å². The molecule has 0 aliphatic carbocycles. The van der Waals surface area contributed by atoms with Crippen LogP contribution >= 0.6 is 11.3 Å². The van der Waals surface area contributed by atoms with Crippen LogP contribution in [-0.2, 0) is 6.42 Å². The predicted octanol–water partition coefficient (Wildman–Crippen LogP) is 5.05. The lowest BCUT2D eigenvalue weighted by Gasteiger charge is -2.01. The molecule has 0 atom stereocenters. The van der Waals surface area contributed by atoms with E-state index in [1.807, 2.05) is 17.5 Å². The Morgan fingerprint density at radius 3 is 2.63 bits per heavy atom. The molecule has 4 rings (SSSR count). The van der Waals surface area contributed by atoms with Crippen molar-refractivity contribution in [3.63, 3.8) is 0 Å². The lowest BCUT2D eigenvalue weighted by molar-refractivity contribution is -0.384. The lowest BCUT2D eigenvalue weighted by Crippen LogP contribution is -2.02. The largest absolute Gasteiger partial charge is 0.422 e. The fraction of sp³-hybridized carbons (Fsp3) is 0.100. The summed E-state index contributed by atoms with van der Waals surface area (Å²) in [5, 5.41) is 13.9. The van der Waals surface area contributed by atoms with E-state index in [0.29, 0.717) is 21.5 Å². The molecule has 0 unspecified atom stereocenters. The minimum absolute atomic E-state index is 0.0573. The smallest absolute Gasteiger partial charge is 0.346 e. The number of aryl methyl sites for hydroxylation is 1. The van der Waals surface area contributed by atoms with Crippen LogP contribution in [0.25, 0.3) is 32.8 Å². The maximum Gasteiger partial charge on any atom is 0.346 e. The highest BCUT2D eigenvalue weighted by Gasteiger charge is 2.15. The third kappa shape index (κ3) is 3.24. The van der Waals surface area contributed by atoms with Crippen molar-refractivity contribution in [3.8, 4) is 21.8 Å². The van der Waals surface area contributed by atoms with Crippen molar-refractivity contribution in [2.75, 3.05) is 0 Å². The summed E-state index contributed by atoms with van der Waals surface area (Å²) in [7, 11) is 0. The maximum absolute atomic E-state index is 12.3. The van der Waals surface area contributed by atoms with E-state index in [1.54, 1.807) is 6.07 Å². The average molecular weight is 378 g/mol. The molecule has 0 radical (unpaired) electrons. The molecule has 27 heavy (non-hydrogen) atoms. The molecule has 0 saturated carbocycles. The van der Waals surface area contributed by atoms with E-state index in [-0.39, 0.29) is 5.69 Å². The first-order valence-electron chi connectivity index (χ1n) is 8.32. The van der Waals surface area contributed by atoms with Gasteiger partial charge in [-0.05, 0) is 24.1 Å². The summed E-state index contributed by atoms with van der Waals surface area (Å²) < 4.78 is 5.32. The van der Waals surface area contributed by atoms with Gasteiger partial charge in [-0.15, -0.1) is 11.3 Å². The Hall–Kier alpha value is -3.32. The normalized spacial score (nSPS) is 11.0. The van der Waals surface area contributed by atoms with Crippen molar-refractivity contribution < 1.29 is 9.34 Å². The highest BCUT2D eigenvalue weighted by Crippen LogP contribution is 2.30. The number of nitrogens with zero attached hydrogens (tertiary/aromatic N) is 2. The van der Waals surface area contributed by atoms with Crippen molar-refractivity contribution in [1.82, 2.24) is 4.98 Å². The minimum atomic E-state index is -0.515. The molecule has 2 aromatic carbocycles. The van der Waals surface area contributed by atoms with Crippen LogP contribution in [0, 0.1) is 10.1 Å². The fourth-order valence-electron chi connectivity index (χ4n) is 2.81. The zero-order valence-corrected chi connectivity index (χ0v) is 15.2. The summed E-state index contributed by atoms with van der Waals surface area (Å²) in [6.45, 7) is 2.10. The molecule has 2 aromatic heterocycles. The van der Waals surface area contributed by atoms with Gasteiger partial charge in [-0.25, -0.2) is 9.78 Å². The Kier molecular flexibility index (Phi) is 4.29. The van der Waals surface area contributed by atoms with E-state index < -0.39 is 10.5 Å². The molecule has 0 bridgehead atoms. The summed E-state index contributed by atoms with van der Waals surface area (Å²) in [5.74, 6) is 0. The Balaban J connectivity index is 1.77. The summed E-state index contributed by atoms with van der Waals surface area (Å²) in [5.41, 5.74) is 3.01. The second-order valence-corrected chi connectivity index (χ2v) is 6.87. The van der Waals surface area contributed by atoms with Gasteiger partial charge in [0, 0.05) is 28.5 Å². The van der Waals surface area contributed by atoms with Crippen LogP contribution < -0.4 is 5.63 Å². The number of thiazole rings is 1. The van der Waals surface area contributed by atoms with Gasteiger partial charge in [0.15, 0.2) is 0 Å². The number of nitro benzene ring substituents is 1. The second-order valence-electron chi connectivity index (χ2n) is 6.02. The van der Waals surface area contributed by atoms with Gasteiger partial charge in [-0.1, -0.05) is 31.2 Å². The van der Waals surface area contributed by atoms with E-state index in [1.165, 1.54) is 35.1 Å². The molecule has 0 saturated heterocycles. The van der Waals surface area contributed by atoms with Gasteiger partial charge in [0.25, 0.3) is 5.69 Å². The van der Waals surface area contributed by atoms with E-state index in [9.17, 15) is 14.9 Å². The van der Waals surface area contributed by atoms with E-state index >= 15 is 0 Å². The molecular formula is C20H14N2O4S. The van der Waals surface area contributed by atoms with Gasteiger partial charge in [0.05, 0.1) is 16.2 Å². The summed E-state index contributed by atoms with van der Waals surface area (Å²) in [4.78, 5) is 27.4. The number of fused-ring (bicyclic) bond motifs is 1. The molecule has 6 nitrogen and oxygen atoms in total. The number of nitro groups is 1. The van der Waals surface area contributed by atoms with E-state index in [0.717, 1.165) is 17.7 Å². The van der Waals surface area contributed by atoms with Crippen LogP contribution in [0.5, 0.6) is 0 Å². The Morgan fingerprint density at radius 1 is 1.15 bits per heavy atom. The molecule has 2 heterocycles. The Morgan fingerprint density at radius 2 is 1.93 bits per heavy atom. The van der Waals surface area contributed by atoms with Crippen LogP contribution in [-0.4, -0.2) is 9.91 Å². The first-order valence-corrected chi connectivity index (χ1v) is 9.20. The third-order valence-corrected chi connectivity index (χ3v) is 5.19. The SMILES string of the molecule is CCc1ccc(-c2csc(-c3cc4cc([N+](=O)[O-])ccc4oc3=O)n2)cc1. The quantitative estimate of drug-likeness (QED) is 0.282. The molecule has 0 aliphatic heterocycles. The molecule has 4 aromatic rings. The molecule has 134 valence electrons. The zero-order chi connectivity index (χ0) is 19.0. The average Bonchev–Trinajstić information content (AvgIpc) is 3.17. The molecule has 0 amide bonds. The van der Waals surface area contributed by atoms with Crippen molar-refractivity contribution in [2.45, 2.75) is 13.3 Å². The number of rotatable bonds is 4. The monoisotopic (exact) mass is 378 g/mol. The Bertz CT molecular complexity index is 1210. The first-order chi connectivity index (χ1) is 13.0. The lowest BCUT2D eigenvalue weighted by atomic mass is 10.1. The number of aromatic nitrogens is 1. The van der Waals surface area contributed by atoms with Crippen molar-refractivity contribution >= 4 is 28.0 Å². The van der Waals surface area contributed by atoms with Gasteiger partial charge in [0.2, 0.25) is 0 Å². The molecule has 0 fully saturated rings. The van der Waals surface area contributed by atoms with Crippen LogP contribution in [0.2, 0.25) is 0 Å². The summed E-state index contributed by atoms with van der Waals surface area (Å²) in [6.07, 6.45) is 0.965. The second kappa shape index (κ2) is 6.77. The third-order valence-electron chi connectivity index (χ3n) is 4.32. The zero-order valence-electron chi connectivity index (χ0n) is 14.3. The minimum Gasteiger partial charge on any atom is -0.422 e. The number of non-ortho nitro benzene ring substituents is 1. The molecule has 7 heteroatoms. The Labute approximate surface area is 157 Å². The van der Waals surface area contributed by atoms with Crippen LogP contribution in [0.4, 0.5) is 5.69 Å². The fourth-order valence-corrected chi connectivity index (χ4v) is 3.65. The topological polar surface area (TPSA) is 86.2 Å². The van der Waals surface area contributed by atoms with Crippen LogP contribution in [0.15, 0.2) is 63.1 Å². The van der Waals surface area contributed by atoms with Crippen molar-refractivity contribution in [1.29, 1.82) is 0 Å². The van der Waals surface area contributed by atoms with Crippen molar-refractivity contribution in [2.24, 2.45) is 0 Å².